The van der Waals surface area contributed by atoms with Gasteiger partial charge >= 0.3 is 6.09 Å². The SMILES string of the molecule is CC(C)(C)C(Cc1cc(S(=O)(=O)c2cccnc2)n(-c2cccc(Cl)c2F)n1)NC(=O)O. The monoisotopic (exact) mass is 480 g/mol. The number of carboxylic acid groups (broad SMARTS) is 1. The Kier molecular flexibility index (Phi) is 6.56. The van der Waals surface area contributed by atoms with E-state index in [2.05, 4.69) is 15.4 Å². The maximum absolute atomic E-state index is 14.8. The Morgan fingerprint density at radius 3 is 2.59 bits per heavy atom. The first-order valence-electron chi connectivity index (χ1n) is 9.59. The molecule has 0 aliphatic carbocycles. The summed E-state index contributed by atoms with van der Waals surface area (Å²) in [6, 6.07) is 7.75. The second-order valence-corrected chi connectivity index (χ2v) is 10.5. The predicted molar refractivity (Wildman–Crippen MR) is 116 cm³/mol. The average molecular weight is 481 g/mol. The quantitative estimate of drug-likeness (QED) is 0.548. The normalized spacial score (nSPS) is 13.0. The molecule has 0 bridgehead atoms. The summed E-state index contributed by atoms with van der Waals surface area (Å²) in [6.07, 6.45) is 1.49. The maximum atomic E-state index is 14.8. The third-order valence-corrected chi connectivity index (χ3v) is 6.86. The lowest BCUT2D eigenvalue weighted by molar-refractivity contribution is 0.174. The zero-order chi connectivity index (χ0) is 23.7. The van der Waals surface area contributed by atoms with E-state index in [1.807, 2.05) is 20.8 Å². The summed E-state index contributed by atoms with van der Waals surface area (Å²) in [5.74, 6) is -0.831. The molecule has 0 aliphatic heterocycles. The molecule has 1 aromatic carbocycles. The van der Waals surface area contributed by atoms with Crippen LogP contribution in [0.25, 0.3) is 5.69 Å². The maximum Gasteiger partial charge on any atom is 0.404 e. The summed E-state index contributed by atoms with van der Waals surface area (Å²) in [5, 5.41) is 15.5. The summed E-state index contributed by atoms with van der Waals surface area (Å²) < 4.78 is 42.4. The van der Waals surface area contributed by atoms with Crippen molar-refractivity contribution in [3.63, 3.8) is 0 Å². The number of amides is 1. The molecular formula is C21H22ClFN4O4S. The number of hydrogen-bond acceptors (Lipinski definition) is 5. The van der Waals surface area contributed by atoms with Crippen LogP contribution in [-0.2, 0) is 16.3 Å². The second-order valence-electron chi connectivity index (χ2n) is 8.22. The van der Waals surface area contributed by atoms with Crippen molar-refractivity contribution in [2.75, 3.05) is 0 Å². The van der Waals surface area contributed by atoms with E-state index in [1.54, 1.807) is 0 Å². The molecule has 2 N–H and O–H groups in total. The number of carbonyl (C=O) groups is 1. The highest BCUT2D eigenvalue weighted by atomic mass is 35.5. The highest BCUT2D eigenvalue weighted by Crippen LogP contribution is 2.29. The smallest absolute Gasteiger partial charge is 0.404 e. The number of aromatic nitrogens is 3. The first-order chi connectivity index (χ1) is 14.9. The van der Waals surface area contributed by atoms with Crippen LogP contribution in [-0.4, -0.2) is 40.4 Å². The minimum atomic E-state index is -4.13. The summed E-state index contributed by atoms with van der Waals surface area (Å²) in [6.45, 7) is 5.53. The number of nitrogens with one attached hydrogen (secondary N) is 1. The summed E-state index contributed by atoms with van der Waals surface area (Å²) in [5.41, 5.74) is -0.378. The zero-order valence-corrected chi connectivity index (χ0v) is 19.2. The topological polar surface area (TPSA) is 114 Å². The van der Waals surface area contributed by atoms with Crippen molar-refractivity contribution in [1.29, 1.82) is 0 Å². The molecule has 0 saturated carbocycles. The highest BCUT2D eigenvalue weighted by Gasteiger charge is 2.31. The summed E-state index contributed by atoms with van der Waals surface area (Å²) in [4.78, 5) is 15.0. The molecule has 1 unspecified atom stereocenters. The molecule has 11 heteroatoms. The van der Waals surface area contributed by atoms with Crippen LogP contribution in [0.1, 0.15) is 26.5 Å². The van der Waals surface area contributed by atoms with Gasteiger partial charge in [0.25, 0.3) is 0 Å². The lowest BCUT2D eigenvalue weighted by Gasteiger charge is -2.29. The van der Waals surface area contributed by atoms with Crippen LogP contribution < -0.4 is 5.32 Å². The molecule has 3 rings (SSSR count). The van der Waals surface area contributed by atoms with Crippen molar-refractivity contribution in [2.24, 2.45) is 5.41 Å². The van der Waals surface area contributed by atoms with Gasteiger partial charge in [-0.3, -0.25) is 4.98 Å². The van der Waals surface area contributed by atoms with Crippen molar-refractivity contribution < 1.29 is 22.7 Å². The van der Waals surface area contributed by atoms with Crippen LogP contribution in [0.4, 0.5) is 9.18 Å². The Hall–Kier alpha value is -2.98. The van der Waals surface area contributed by atoms with Gasteiger partial charge in [-0.05, 0) is 35.7 Å². The number of halogens is 2. The van der Waals surface area contributed by atoms with E-state index in [0.717, 1.165) is 4.68 Å². The van der Waals surface area contributed by atoms with E-state index in [0.29, 0.717) is 0 Å². The molecule has 2 heterocycles. The number of rotatable bonds is 6. The molecule has 0 spiro atoms. The summed E-state index contributed by atoms with van der Waals surface area (Å²) >= 11 is 5.90. The molecule has 0 saturated heterocycles. The predicted octanol–water partition coefficient (Wildman–Crippen LogP) is 4.12. The van der Waals surface area contributed by atoms with E-state index >= 15 is 0 Å². The van der Waals surface area contributed by atoms with Gasteiger partial charge < -0.3 is 10.4 Å². The van der Waals surface area contributed by atoms with Crippen LogP contribution in [0.2, 0.25) is 5.02 Å². The summed E-state index contributed by atoms with van der Waals surface area (Å²) in [7, 11) is -4.13. The Labute approximate surface area is 190 Å². The number of pyridine rings is 1. The Morgan fingerprint density at radius 2 is 2.00 bits per heavy atom. The van der Waals surface area contributed by atoms with Crippen LogP contribution in [0.5, 0.6) is 0 Å². The van der Waals surface area contributed by atoms with E-state index in [-0.39, 0.29) is 32.7 Å². The number of hydrogen-bond donors (Lipinski definition) is 2. The third-order valence-electron chi connectivity index (χ3n) is 4.86. The van der Waals surface area contributed by atoms with E-state index in [9.17, 15) is 22.7 Å². The molecule has 32 heavy (non-hydrogen) atoms. The van der Waals surface area contributed by atoms with E-state index < -0.39 is 33.2 Å². The minimum Gasteiger partial charge on any atom is -0.465 e. The lowest BCUT2D eigenvalue weighted by Crippen LogP contribution is -2.44. The molecule has 8 nitrogen and oxygen atoms in total. The third kappa shape index (κ3) is 4.91. The van der Waals surface area contributed by atoms with Crippen molar-refractivity contribution >= 4 is 27.5 Å². The van der Waals surface area contributed by atoms with Gasteiger partial charge in [-0.2, -0.15) is 5.10 Å². The Bertz CT molecular complexity index is 1240. The molecular weight excluding hydrogens is 459 g/mol. The Balaban J connectivity index is 2.19. The standard InChI is InChI=1S/C21H22ClFN4O4S/c1-21(2,3)17(25-20(28)29)10-13-11-18(32(30,31)14-6-5-9-24-12-14)27(26-13)16-8-4-7-15(22)19(16)23/h4-9,11-12,17,25H,10H2,1-3H3,(H,28,29). The van der Waals surface area contributed by atoms with Crippen LogP contribution >= 0.6 is 11.6 Å². The van der Waals surface area contributed by atoms with Gasteiger partial charge in [-0.1, -0.05) is 38.4 Å². The van der Waals surface area contributed by atoms with Gasteiger partial charge in [0, 0.05) is 24.9 Å². The van der Waals surface area contributed by atoms with Crippen LogP contribution in [0.3, 0.4) is 0 Å². The fourth-order valence-corrected chi connectivity index (χ4v) is 4.62. The molecule has 3 aromatic rings. The molecule has 1 amide bonds. The molecule has 1 atom stereocenters. The largest absolute Gasteiger partial charge is 0.465 e. The minimum absolute atomic E-state index is 0.0839. The first-order valence-corrected chi connectivity index (χ1v) is 11.5. The second kappa shape index (κ2) is 8.87. The van der Waals surface area contributed by atoms with Crippen molar-refractivity contribution in [1.82, 2.24) is 20.1 Å². The van der Waals surface area contributed by atoms with E-state index in [1.165, 1.54) is 48.8 Å². The molecule has 2 aromatic heterocycles. The molecule has 0 aliphatic rings. The van der Waals surface area contributed by atoms with Crippen molar-refractivity contribution in [3.05, 3.63) is 65.3 Å². The van der Waals surface area contributed by atoms with Crippen LogP contribution in [0, 0.1) is 11.2 Å². The van der Waals surface area contributed by atoms with Gasteiger partial charge in [0.1, 0.15) is 5.69 Å². The number of sulfone groups is 1. The molecule has 0 radical (unpaired) electrons. The lowest BCUT2D eigenvalue weighted by atomic mass is 9.84. The average Bonchev–Trinajstić information content (AvgIpc) is 3.14. The fourth-order valence-electron chi connectivity index (χ4n) is 3.09. The fraction of sp³-hybridized carbons (Fsp3) is 0.286. The molecule has 170 valence electrons. The van der Waals surface area contributed by atoms with Gasteiger partial charge in [0.05, 0.1) is 15.6 Å². The Morgan fingerprint density at radius 1 is 1.28 bits per heavy atom. The molecule has 0 fully saturated rings. The van der Waals surface area contributed by atoms with Crippen molar-refractivity contribution in [3.8, 4) is 5.69 Å². The first kappa shape index (κ1) is 23.7. The van der Waals surface area contributed by atoms with Gasteiger partial charge in [-0.25, -0.2) is 22.3 Å². The number of benzene rings is 1. The van der Waals surface area contributed by atoms with Gasteiger partial charge in [0.15, 0.2) is 10.8 Å². The number of nitrogens with zero attached hydrogens (tertiary/aromatic N) is 3. The van der Waals surface area contributed by atoms with Crippen LogP contribution in [0.15, 0.2) is 58.7 Å². The van der Waals surface area contributed by atoms with Gasteiger partial charge in [0.2, 0.25) is 9.84 Å². The van der Waals surface area contributed by atoms with E-state index in [4.69, 9.17) is 11.6 Å². The zero-order valence-electron chi connectivity index (χ0n) is 17.6. The highest BCUT2D eigenvalue weighted by molar-refractivity contribution is 7.91. The van der Waals surface area contributed by atoms with Crippen molar-refractivity contribution in [2.45, 2.75) is 43.2 Å². The van der Waals surface area contributed by atoms with Gasteiger partial charge in [-0.15, -0.1) is 0 Å².